The van der Waals surface area contributed by atoms with Crippen molar-refractivity contribution in [2.24, 2.45) is 0 Å². The zero-order chi connectivity index (χ0) is 14.5. The molecule has 2 aromatic heterocycles. The van der Waals surface area contributed by atoms with Gasteiger partial charge in [0.25, 0.3) is 0 Å². The third-order valence-corrected chi connectivity index (χ3v) is 4.50. The van der Waals surface area contributed by atoms with Gasteiger partial charge >= 0.3 is 5.97 Å². The van der Waals surface area contributed by atoms with E-state index in [-0.39, 0.29) is 11.7 Å². The Bertz CT molecular complexity index is 592. The second-order valence-corrected chi connectivity index (χ2v) is 6.33. The molecule has 0 aromatic carbocycles. The highest BCUT2D eigenvalue weighted by Gasteiger charge is 2.15. The lowest BCUT2D eigenvalue weighted by Gasteiger charge is -2.07. The van der Waals surface area contributed by atoms with Crippen LogP contribution in [0.4, 0.5) is 0 Å². The largest absolute Gasteiger partial charge is 0.468 e. The van der Waals surface area contributed by atoms with Crippen LogP contribution in [0.5, 0.6) is 0 Å². The minimum Gasteiger partial charge on any atom is -0.468 e. The van der Waals surface area contributed by atoms with Gasteiger partial charge in [-0.1, -0.05) is 18.7 Å². The first kappa shape index (κ1) is 15.1. The number of esters is 1. The lowest BCUT2D eigenvalue weighted by Crippen LogP contribution is -2.06. The van der Waals surface area contributed by atoms with E-state index in [0.29, 0.717) is 0 Å². The van der Waals surface area contributed by atoms with Gasteiger partial charge in [-0.3, -0.25) is 4.79 Å². The van der Waals surface area contributed by atoms with E-state index in [4.69, 9.17) is 0 Å². The quantitative estimate of drug-likeness (QED) is 0.606. The van der Waals surface area contributed by atoms with Crippen LogP contribution in [-0.4, -0.2) is 33.6 Å². The van der Waals surface area contributed by atoms with Gasteiger partial charge in [0.15, 0.2) is 11.0 Å². The van der Waals surface area contributed by atoms with Gasteiger partial charge in [-0.2, -0.15) is 0 Å². The van der Waals surface area contributed by atoms with Crippen LogP contribution < -0.4 is 0 Å². The van der Waals surface area contributed by atoms with Gasteiger partial charge in [0.2, 0.25) is 0 Å². The molecule has 0 aliphatic carbocycles. The summed E-state index contributed by atoms with van der Waals surface area (Å²) in [6.07, 6.45) is 0.986. The van der Waals surface area contributed by atoms with Gasteiger partial charge in [-0.05, 0) is 19.4 Å². The van der Waals surface area contributed by atoms with Gasteiger partial charge in [0.1, 0.15) is 0 Å². The van der Waals surface area contributed by atoms with Crippen LogP contribution in [0.1, 0.15) is 18.2 Å². The molecule has 0 radical (unpaired) electrons. The third-order valence-electron chi connectivity index (χ3n) is 2.70. The lowest BCUT2D eigenvalue weighted by molar-refractivity contribution is -0.137. The molecule has 0 N–H and O–H groups in total. The molecule has 0 fully saturated rings. The number of aryl methyl sites for hydroxylation is 1. The Balaban J connectivity index is 2.25. The first-order valence-electron chi connectivity index (χ1n) is 6.34. The summed E-state index contributed by atoms with van der Waals surface area (Å²) in [6, 6.07) is 2.11. The van der Waals surface area contributed by atoms with Crippen molar-refractivity contribution in [3.63, 3.8) is 0 Å². The zero-order valence-corrected chi connectivity index (χ0v) is 13.4. The summed E-state index contributed by atoms with van der Waals surface area (Å²) in [6.45, 7) is 5.01. The number of nitrogens with zero attached hydrogens (tertiary/aromatic N) is 3. The second-order valence-electron chi connectivity index (χ2n) is 4.27. The predicted molar refractivity (Wildman–Crippen MR) is 81.1 cm³/mol. The second kappa shape index (κ2) is 6.90. The minimum absolute atomic E-state index is 0.251. The highest BCUT2D eigenvalue weighted by atomic mass is 32.2. The van der Waals surface area contributed by atoms with E-state index in [1.165, 1.54) is 23.7 Å². The lowest BCUT2D eigenvalue weighted by atomic mass is 10.3. The molecule has 5 nitrogen and oxygen atoms in total. The van der Waals surface area contributed by atoms with Crippen LogP contribution in [0.25, 0.3) is 11.4 Å². The summed E-state index contributed by atoms with van der Waals surface area (Å²) in [5, 5.41) is 11.3. The Morgan fingerprint density at radius 3 is 2.90 bits per heavy atom. The normalized spacial score (nSPS) is 10.8. The van der Waals surface area contributed by atoms with Crippen LogP contribution in [0.15, 0.2) is 16.6 Å². The highest BCUT2D eigenvalue weighted by Crippen LogP contribution is 2.27. The standard InChI is InChI=1S/C13H17N3O2S2/c1-4-5-16-12(10-6-9(2)19-7-10)14-15-13(16)20-8-11(17)18-3/h6-7H,4-5,8H2,1-3H3. The third kappa shape index (κ3) is 3.40. The van der Waals surface area contributed by atoms with E-state index in [1.54, 1.807) is 11.3 Å². The molecule has 0 aliphatic heterocycles. The van der Waals surface area contributed by atoms with Crippen LogP contribution in [0.2, 0.25) is 0 Å². The SMILES string of the molecule is CCCn1c(SCC(=O)OC)nnc1-c1csc(C)c1. The number of carbonyl (C=O) groups is 1. The Kier molecular flexibility index (Phi) is 5.19. The Hall–Kier alpha value is -1.34. The van der Waals surface area contributed by atoms with Crippen molar-refractivity contribution in [1.82, 2.24) is 14.8 Å². The van der Waals surface area contributed by atoms with Crippen molar-refractivity contribution < 1.29 is 9.53 Å². The molecule has 0 saturated heterocycles. The van der Waals surface area contributed by atoms with Crippen LogP contribution in [0.3, 0.4) is 0 Å². The van der Waals surface area contributed by atoms with Crippen molar-refractivity contribution in [3.8, 4) is 11.4 Å². The first-order chi connectivity index (χ1) is 9.65. The summed E-state index contributed by atoms with van der Waals surface area (Å²) < 4.78 is 6.72. The summed E-state index contributed by atoms with van der Waals surface area (Å²) in [4.78, 5) is 12.5. The van der Waals surface area contributed by atoms with Crippen LogP contribution in [0, 0.1) is 6.92 Å². The molecule has 20 heavy (non-hydrogen) atoms. The maximum absolute atomic E-state index is 11.2. The van der Waals surface area contributed by atoms with Crippen molar-refractivity contribution in [1.29, 1.82) is 0 Å². The summed E-state index contributed by atoms with van der Waals surface area (Å²) in [7, 11) is 1.39. The van der Waals surface area contributed by atoms with Crippen molar-refractivity contribution >= 4 is 29.1 Å². The number of methoxy groups -OCH3 is 1. The highest BCUT2D eigenvalue weighted by molar-refractivity contribution is 7.99. The Morgan fingerprint density at radius 2 is 2.30 bits per heavy atom. The Labute approximate surface area is 126 Å². The van der Waals surface area contributed by atoms with Crippen molar-refractivity contribution in [3.05, 3.63) is 16.3 Å². The maximum atomic E-state index is 11.2. The number of ether oxygens (including phenoxy) is 1. The number of hydrogen-bond acceptors (Lipinski definition) is 6. The Morgan fingerprint density at radius 1 is 1.50 bits per heavy atom. The molecular weight excluding hydrogens is 294 g/mol. The summed E-state index contributed by atoms with van der Waals surface area (Å²) >= 11 is 3.06. The average Bonchev–Trinajstić information content (AvgIpc) is 3.03. The number of aromatic nitrogens is 3. The smallest absolute Gasteiger partial charge is 0.316 e. The number of thiophene rings is 1. The zero-order valence-electron chi connectivity index (χ0n) is 11.8. The van der Waals surface area contributed by atoms with Crippen LogP contribution >= 0.6 is 23.1 Å². The number of hydrogen-bond donors (Lipinski definition) is 0. The molecule has 0 aliphatic rings. The molecule has 0 amide bonds. The fraction of sp³-hybridized carbons (Fsp3) is 0.462. The van der Waals surface area contributed by atoms with Gasteiger partial charge in [-0.15, -0.1) is 21.5 Å². The topological polar surface area (TPSA) is 57.0 Å². The number of thioether (sulfide) groups is 1. The fourth-order valence-electron chi connectivity index (χ4n) is 1.78. The summed E-state index contributed by atoms with van der Waals surface area (Å²) in [5.74, 6) is 0.860. The number of rotatable bonds is 6. The van der Waals surface area contributed by atoms with Crippen LogP contribution in [-0.2, 0) is 16.1 Å². The monoisotopic (exact) mass is 311 g/mol. The van der Waals surface area contributed by atoms with E-state index in [9.17, 15) is 4.79 Å². The van der Waals surface area contributed by atoms with E-state index in [2.05, 4.69) is 44.8 Å². The molecule has 0 saturated carbocycles. The molecule has 7 heteroatoms. The van der Waals surface area contributed by atoms with E-state index in [1.807, 2.05) is 0 Å². The summed E-state index contributed by atoms with van der Waals surface area (Å²) in [5.41, 5.74) is 1.08. The van der Waals surface area contributed by atoms with E-state index < -0.39 is 0 Å². The van der Waals surface area contributed by atoms with Gasteiger partial charge in [0.05, 0.1) is 12.9 Å². The van der Waals surface area contributed by atoms with Gasteiger partial charge in [-0.25, -0.2) is 0 Å². The van der Waals surface area contributed by atoms with E-state index in [0.717, 1.165) is 29.5 Å². The number of carbonyl (C=O) groups excluding carboxylic acids is 1. The molecule has 0 spiro atoms. The fourth-order valence-corrected chi connectivity index (χ4v) is 3.26. The van der Waals surface area contributed by atoms with Crippen molar-refractivity contribution in [2.75, 3.05) is 12.9 Å². The molecule has 0 atom stereocenters. The van der Waals surface area contributed by atoms with E-state index >= 15 is 0 Å². The molecular formula is C13H17N3O2S2. The molecule has 108 valence electrons. The van der Waals surface area contributed by atoms with Gasteiger partial charge in [0, 0.05) is 22.4 Å². The average molecular weight is 311 g/mol. The van der Waals surface area contributed by atoms with Gasteiger partial charge < -0.3 is 9.30 Å². The molecule has 2 rings (SSSR count). The molecule has 0 bridgehead atoms. The predicted octanol–water partition coefficient (Wildman–Crippen LogP) is 2.99. The minimum atomic E-state index is -0.256. The maximum Gasteiger partial charge on any atom is 0.316 e. The molecule has 0 unspecified atom stereocenters. The molecule has 2 aromatic rings. The first-order valence-corrected chi connectivity index (χ1v) is 8.20. The molecule has 2 heterocycles. The van der Waals surface area contributed by atoms with Crippen molar-refractivity contribution in [2.45, 2.75) is 32.0 Å².